The average molecular weight is 465 g/mol. The Kier molecular flexibility index (Phi) is 5.47. The van der Waals surface area contributed by atoms with Crippen LogP contribution in [0.4, 0.5) is 4.79 Å². The van der Waals surface area contributed by atoms with E-state index in [1.807, 2.05) is 17.0 Å². The Morgan fingerprint density at radius 1 is 1.16 bits per heavy atom. The van der Waals surface area contributed by atoms with Crippen molar-refractivity contribution in [1.29, 1.82) is 5.26 Å². The molecule has 5 aliphatic rings. The summed E-state index contributed by atoms with van der Waals surface area (Å²) in [5, 5.41) is 10.6. The first-order valence-corrected chi connectivity index (χ1v) is 13.3. The first-order chi connectivity index (χ1) is 15.2. The molecule has 0 spiro atoms. The van der Waals surface area contributed by atoms with Crippen molar-refractivity contribution in [1.82, 2.24) is 25.0 Å². The molecule has 2 saturated heterocycles. The highest BCUT2D eigenvalue weighted by atomic mass is 32.2. The number of amides is 3. The lowest BCUT2D eigenvalue weighted by Crippen LogP contribution is -2.65. The number of fused-ring (bicyclic) bond motifs is 1. The smallest absolute Gasteiger partial charge is 0.320 e. The van der Waals surface area contributed by atoms with Gasteiger partial charge in [-0.1, -0.05) is 0 Å². The van der Waals surface area contributed by atoms with Gasteiger partial charge in [0.1, 0.15) is 5.54 Å². The highest BCUT2D eigenvalue weighted by Gasteiger charge is 2.54. The van der Waals surface area contributed by atoms with Crippen LogP contribution in [0.5, 0.6) is 0 Å². The van der Waals surface area contributed by atoms with E-state index >= 15 is 0 Å². The highest BCUT2D eigenvalue weighted by Crippen LogP contribution is 2.41. The van der Waals surface area contributed by atoms with Crippen molar-refractivity contribution in [3.63, 3.8) is 0 Å². The number of carbonyl (C=O) groups excluding carboxylic acids is 2. The molecule has 0 aromatic heterocycles. The Balaban J connectivity index is 1.35. The Bertz CT molecular complexity index is 940. The summed E-state index contributed by atoms with van der Waals surface area (Å²) >= 11 is 0. The van der Waals surface area contributed by atoms with Crippen LogP contribution < -0.4 is 10.1 Å². The van der Waals surface area contributed by atoms with Crippen molar-refractivity contribution in [2.45, 2.75) is 61.8 Å². The maximum absolute atomic E-state index is 13.5. The van der Waals surface area contributed by atoms with Crippen molar-refractivity contribution in [2.75, 3.05) is 33.2 Å². The number of nitriles is 1. The molecular formula is C21H32N6O4S. The van der Waals surface area contributed by atoms with Crippen LogP contribution in [0.1, 0.15) is 44.9 Å². The third kappa shape index (κ3) is 4.14. The van der Waals surface area contributed by atoms with Crippen LogP contribution in [0, 0.1) is 29.1 Å². The van der Waals surface area contributed by atoms with Gasteiger partial charge in [0.25, 0.3) is 0 Å². The fourth-order valence-corrected chi connectivity index (χ4v) is 7.36. The molecule has 3 amide bonds. The molecule has 10 nitrogen and oxygen atoms in total. The normalized spacial score (nSPS) is 35.0. The number of rotatable bonds is 7. The number of hydrogen-bond acceptors (Lipinski definition) is 7. The number of urea groups is 1. The van der Waals surface area contributed by atoms with Gasteiger partial charge in [-0.15, -0.1) is 0 Å². The lowest BCUT2D eigenvalue weighted by Gasteiger charge is -2.48. The predicted octanol–water partition coefficient (Wildman–Crippen LogP) is 0.240. The molecule has 5 fully saturated rings. The molecule has 4 unspecified atom stereocenters. The summed E-state index contributed by atoms with van der Waals surface area (Å²) in [5.74, 6) is -0.0983. The van der Waals surface area contributed by atoms with E-state index in [1.54, 1.807) is 0 Å². The van der Waals surface area contributed by atoms with E-state index in [4.69, 9.17) is 0 Å². The van der Waals surface area contributed by atoms with Gasteiger partial charge in [0.2, 0.25) is 15.9 Å². The first kappa shape index (κ1) is 22.1. The van der Waals surface area contributed by atoms with Crippen LogP contribution in [0.15, 0.2) is 0 Å². The summed E-state index contributed by atoms with van der Waals surface area (Å²) in [4.78, 5) is 30.1. The fourth-order valence-electron chi connectivity index (χ4n) is 5.49. The lowest BCUT2D eigenvalue weighted by molar-refractivity contribution is -0.141. The second-order valence-electron chi connectivity index (χ2n) is 10.4. The summed E-state index contributed by atoms with van der Waals surface area (Å²) in [6.07, 6.45) is 4.36. The first-order valence-electron chi connectivity index (χ1n) is 11.7. The number of nitrogens with zero attached hydrogens (tertiary/aromatic N) is 4. The van der Waals surface area contributed by atoms with Gasteiger partial charge in [0, 0.05) is 45.2 Å². The average Bonchev–Trinajstić information content (AvgIpc) is 3.69. The molecule has 3 saturated carbocycles. The molecule has 5 rings (SSSR count). The van der Waals surface area contributed by atoms with Gasteiger partial charge in [0.05, 0.1) is 17.2 Å². The van der Waals surface area contributed by atoms with Gasteiger partial charge in [-0.2, -0.15) is 9.98 Å². The molecule has 2 aliphatic heterocycles. The van der Waals surface area contributed by atoms with E-state index in [-0.39, 0.29) is 30.3 Å². The Morgan fingerprint density at radius 3 is 2.50 bits per heavy atom. The number of hydrazine groups is 1. The van der Waals surface area contributed by atoms with Crippen LogP contribution in [-0.4, -0.2) is 85.2 Å². The Labute approximate surface area is 189 Å². The zero-order valence-corrected chi connectivity index (χ0v) is 19.3. The lowest BCUT2D eigenvalue weighted by atomic mass is 9.80. The van der Waals surface area contributed by atoms with Crippen LogP contribution in [0.3, 0.4) is 0 Å². The molecule has 32 heavy (non-hydrogen) atoms. The maximum atomic E-state index is 13.5. The van der Waals surface area contributed by atoms with Crippen molar-refractivity contribution in [3.05, 3.63) is 0 Å². The van der Waals surface area contributed by atoms with Crippen molar-refractivity contribution in [2.24, 2.45) is 17.8 Å². The molecule has 0 radical (unpaired) electrons. The Hall–Kier alpha value is -1.74. The summed E-state index contributed by atoms with van der Waals surface area (Å²) in [6.45, 7) is 2.47. The molecule has 4 atom stereocenters. The zero-order chi connectivity index (χ0) is 22.7. The predicted molar refractivity (Wildman–Crippen MR) is 115 cm³/mol. The maximum Gasteiger partial charge on any atom is 0.326 e. The molecule has 0 aromatic carbocycles. The number of nitrogens with one attached hydrogen (secondary N) is 2. The van der Waals surface area contributed by atoms with Crippen LogP contribution in [-0.2, 0) is 14.8 Å². The molecule has 11 heteroatoms. The molecule has 2 heterocycles. The van der Waals surface area contributed by atoms with Gasteiger partial charge in [-0.05, 0) is 50.9 Å². The largest absolute Gasteiger partial charge is 0.326 e. The van der Waals surface area contributed by atoms with E-state index in [9.17, 15) is 23.3 Å². The topological polar surface area (TPSA) is 126 Å². The van der Waals surface area contributed by atoms with E-state index in [0.717, 1.165) is 19.4 Å². The van der Waals surface area contributed by atoms with Crippen molar-refractivity contribution >= 4 is 22.0 Å². The minimum Gasteiger partial charge on any atom is -0.320 e. The molecule has 176 valence electrons. The second kappa shape index (κ2) is 7.94. The third-order valence-corrected chi connectivity index (χ3v) is 9.72. The number of imide groups is 1. The Morgan fingerprint density at radius 2 is 1.91 bits per heavy atom. The number of carbonyl (C=O) groups is 2. The minimum atomic E-state index is -3.72. The molecule has 0 aromatic rings. The zero-order valence-electron chi connectivity index (χ0n) is 18.5. The van der Waals surface area contributed by atoms with Gasteiger partial charge in [-0.25, -0.2) is 18.2 Å². The van der Waals surface area contributed by atoms with E-state index in [2.05, 4.69) is 16.2 Å². The standard InChI is InChI=1S/C21H32N6O4S/c1-25-10-15(9-23-25)12-27-19(28)17-8-16(32(30,31)24-21(13-22)6-7-21)4-5-18(17)26(20(27)29)11-14-2-3-14/h14-18,23-24H,2-12H2,1H3. The van der Waals surface area contributed by atoms with Crippen molar-refractivity contribution in [3.8, 4) is 6.07 Å². The van der Waals surface area contributed by atoms with Gasteiger partial charge >= 0.3 is 6.03 Å². The summed E-state index contributed by atoms with van der Waals surface area (Å²) in [7, 11) is -1.78. The molecule has 2 N–H and O–H groups in total. The monoisotopic (exact) mass is 464 g/mol. The van der Waals surface area contributed by atoms with E-state index in [1.165, 1.54) is 4.90 Å². The van der Waals surface area contributed by atoms with Gasteiger partial charge in [-0.3, -0.25) is 15.1 Å². The summed E-state index contributed by atoms with van der Waals surface area (Å²) in [5.41, 5.74) is 2.25. The van der Waals surface area contributed by atoms with Gasteiger partial charge < -0.3 is 4.90 Å². The van der Waals surface area contributed by atoms with Crippen LogP contribution >= 0.6 is 0 Å². The van der Waals surface area contributed by atoms with E-state index in [0.29, 0.717) is 51.2 Å². The SMILES string of the molecule is CN1CC(CN2C(=O)C3CC(S(=O)(=O)NC4(C#N)CC4)CCC3N(CC3CC3)C2=O)CN1. The highest BCUT2D eigenvalue weighted by molar-refractivity contribution is 7.90. The molecule has 3 aliphatic carbocycles. The van der Waals surface area contributed by atoms with Crippen LogP contribution in [0.25, 0.3) is 0 Å². The summed E-state index contributed by atoms with van der Waals surface area (Å²) < 4.78 is 28.7. The number of hydrogen-bond donors (Lipinski definition) is 2. The molecular weight excluding hydrogens is 432 g/mol. The quantitative estimate of drug-likeness (QED) is 0.553. The van der Waals surface area contributed by atoms with E-state index < -0.39 is 26.7 Å². The fraction of sp³-hybridized carbons (Fsp3) is 0.857. The second-order valence-corrected chi connectivity index (χ2v) is 12.3. The summed E-state index contributed by atoms with van der Waals surface area (Å²) in [6, 6.07) is 1.64. The van der Waals surface area contributed by atoms with Gasteiger partial charge in [0.15, 0.2) is 0 Å². The van der Waals surface area contributed by atoms with Crippen molar-refractivity contribution < 1.29 is 18.0 Å². The molecule has 0 bridgehead atoms. The minimum absolute atomic E-state index is 0.155. The van der Waals surface area contributed by atoms with Crippen LogP contribution in [0.2, 0.25) is 0 Å². The number of sulfonamides is 1. The third-order valence-electron chi connectivity index (χ3n) is 7.74.